The van der Waals surface area contributed by atoms with Crippen LogP contribution in [-0.4, -0.2) is 39.5 Å². The number of nitrogens with one attached hydrogen (secondary N) is 1. The molecular weight excluding hydrogens is 454 g/mol. The number of ether oxygens (including phenoxy) is 2. The molecule has 0 spiro atoms. The topological polar surface area (TPSA) is 30.5 Å². The van der Waals surface area contributed by atoms with Crippen molar-refractivity contribution in [2.75, 3.05) is 39.5 Å². The van der Waals surface area contributed by atoms with Gasteiger partial charge in [0.25, 0.3) is 0 Å². The van der Waals surface area contributed by atoms with E-state index in [1.165, 1.54) is 141 Å². The van der Waals surface area contributed by atoms with Crippen LogP contribution in [0.15, 0.2) is 0 Å². The first-order chi connectivity index (χ1) is 18.3. The van der Waals surface area contributed by atoms with Crippen molar-refractivity contribution in [1.29, 1.82) is 0 Å². The highest BCUT2D eigenvalue weighted by atomic mass is 16.5. The lowest BCUT2D eigenvalue weighted by Gasteiger charge is -2.18. The van der Waals surface area contributed by atoms with Crippen LogP contribution in [0.1, 0.15) is 169 Å². The minimum Gasteiger partial charge on any atom is -0.379 e. The van der Waals surface area contributed by atoms with Crippen molar-refractivity contribution in [3.8, 4) is 0 Å². The van der Waals surface area contributed by atoms with E-state index in [0.717, 1.165) is 51.4 Å². The van der Waals surface area contributed by atoms with Crippen molar-refractivity contribution < 1.29 is 9.47 Å². The van der Waals surface area contributed by atoms with Crippen molar-refractivity contribution in [3.63, 3.8) is 0 Å². The van der Waals surface area contributed by atoms with Crippen LogP contribution in [0.25, 0.3) is 0 Å². The van der Waals surface area contributed by atoms with Crippen molar-refractivity contribution in [3.05, 3.63) is 0 Å². The third-order valence-electron chi connectivity index (χ3n) is 8.01. The number of unbranched alkanes of at least 4 members (excludes halogenated alkanes) is 13. The highest BCUT2D eigenvalue weighted by Gasteiger charge is 2.10. The molecule has 0 aliphatic heterocycles. The molecule has 0 bridgehead atoms. The molecule has 0 radical (unpaired) electrons. The average molecular weight is 526 g/mol. The second kappa shape index (κ2) is 32.1. The molecule has 0 aliphatic carbocycles. The molecule has 0 aromatic carbocycles. The minimum absolute atomic E-state index is 0.733. The Hall–Kier alpha value is -0.120. The van der Waals surface area contributed by atoms with Crippen LogP contribution in [0.4, 0.5) is 0 Å². The first-order valence-corrected chi connectivity index (χ1v) is 17.1. The Morgan fingerprint density at radius 3 is 1.30 bits per heavy atom. The second-order valence-corrected chi connectivity index (χ2v) is 11.7. The van der Waals surface area contributed by atoms with E-state index in [9.17, 15) is 0 Å². The molecule has 37 heavy (non-hydrogen) atoms. The minimum atomic E-state index is 0.733. The maximum Gasteiger partial charge on any atom is 0.0701 e. The zero-order valence-electron chi connectivity index (χ0n) is 26.3. The summed E-state index contributed by atoms with van der Waals surface area (Å²) in [6.07, 6.45) is 30.4. The third kappa shape index (κ3) is 28.7. The normalized spacial score (nSPS) is 12.6. The van der Waals surface area contributed by atoms with Gasteiger partial charge in [0.1, 0.15) is 0 Å². The van der Waals surface area contributed by atoms with Crippen LogP contribution in [0, 0.1) is 11.8 Å². The summed E-state index contributed by atoms with van der Waals surface area (Å²) in [5.41, 5.74) is 0. The summed E-state index contributed by atoms with van der Waals surface area (Å²) < 4.78 is 11.8. The molecule has 0 saturated carbocycles. The molecule has 3 heteroatoms. The van der Waals surface area contributed by atoms with Gasteiger partial charge in [-0.2, -0.15) is 0 Å². The molecule has 3 nitrogen and oxygen atoms in total. The SMILES string of the molecule is CCCCCCCC(CCCCCC)CNCCOCCOCCC(CCCCCC)CCCCCC. The summed E-state index contributed by atoms with van der Waals surface area (Å²) in [6, 6.07) is 0. The zero-order valence-corrected chi connectivity index (χ0v) is 26.3. The summed E-state index contributed by atoms with van der Waals surface area (Å²) in [5, 5.41) is 3.69. The smallest absolute Gasteiger partial charge is 0.0701 e. The summed E-state index contributed by atoms with van der Waals surface area (Å²) in [5.74, 6) is 1.71. The van der Waals surface area contributed by atoms with E-state index in [-0.39, 0.29) is 0 Å². The highest BCUT2D eigenvalue weighted by Crippen LogP contribution is 2.22. The Bertz CT molecular complexity index is 391. The molecule has 1 atom stereocenters. The maximum absolute atomic E-state index is 5.95. The lowest BCUT2D eigenvalue weighted by Crippen LogP contribution is -2.27. The fourth-order valence-electron chi connectivity index (χ4n) is 5.42. The summed E-state index contributed by atoms with van der Waals surface area (Å²) >= 11 is 0. The van der Waals surface area contributed by atoms with Crippen LogP contribution in [0.5, 0.6) is 0 Å². The molecule has 0 rings (SSSR count). The molecule has 0 heterocycles. The van der Waals surface area contributed by atoms with Crippen LogP contribution in [0.2, 0.25) is 0 Å². The fraction of sp³-hybridized carbons (Fsp3) is 1.00. The first-order valence-electron chi connectivity index (χ1n) is 17.1. The zero-order chi connectivity index (χ0) is 27.1. The van der Waals surface area contributed by atoms with Crippen molar-refractivity contribution in [1.82, 2.24) is 5.32 Å². The van der Waals surface area contributed by atoms with E-state index in [1.54, 1.807) is 0 Å². The quantitative estimate of drug-likeness (QED) is 0.0886. The first kappa shape index (κ1) is 36.9. The van der Waals surface area contributed by atoms with Crippen LogP contribution >= 0.6 is 0 Å². The van der Waals surface area contributed by atoms with E-state index in [4.69, 9.17) is 9.47 Å². The average Bonchev–Trinajstić information content (AvgIpc) is 2.91. The van der Waals surface area contributed by atoms with Gasteiger partial charge in [-0.3, -0.25) is 0 Å². The lowest BCUT2D eigenvalue weighted by atomic mass is 9.92. The van der Waals surface area contributed by atoms with Crippen molar-refractivity contribution in [2.24, 2.45) is 11.8 Å². The molecule has 224 valence electrons. The van der Waals surface area contributed by atoms with Gasteiger partial charge in [0, 0.05) is 13.2 Å². The predicted octanol–water partition coefficient (Wildman–Crippen LogP) is 10.5. The fourth-order valence-corrected chi connectivity index (χ4v) is 5.42. The van der Waals surface area contributed by atoms with Crippen molar-refractivity contribution >= 4 is 0 Å². The van der Waals surface area contributed by atoms with Gasteiger partial charge in [0.15, 0.2) is 0 Å². The van der Waals surface area contributed by atoms with Gasteiger partial charge in [0.2, 0.25) is 0 Å². The van der Waals surface area contributed by atoms with Gasteiger partial charge < -0.3 is 14.8 Å². The number of rotatable bonds is 32. The van der Waals surface area contributed by atoms with Gasteiger partial charge >= 0.3 is 0 Å². The molecule has 0 aromatic rings. The van der Waals surface area contributed by atoms with E-state index in [1.807, 2.05) is 0 Å². The summed E-state index contributed by atoms with van der Waals surface area (Å²) in [4.78, 5) is 0. The monoisotopic (exact) mass is 526 g/mol. The van der Waals surface area contributed by atoms with Gasteiger partial charge in [0.05, 0.1) is 19.8 Å². The van der Waals surface area contributed by atoms with Gasteiger partial charge in [-0.15, -0.1) is 0 Å². The molecule has 0 aliphatic rings. The standard InChI is InChI=1S/C34H71NO2/c1-5-9-13-17-21-25-34(24-20-16-12-8-4)32-35-27-29-37-31-30-36-28-26-33(22-18-14-10-6-2)23-19-15-11-7-3/h33-35H,5-32H2,1-4H3. The number of hydrogen-bond donors (Lipinski definition) is 1. The Balaban J connectivity index is 3.86. The molecule has 1 unspecified atom stereocenters. The Labute approximate surface area is 235 Å². The summed E-state index contributed by atoms with van der Waals surface area (Å²) in [6.45, 7) is 14.5. The van der Waals surface area contributed by atoms with Crippen LogP contribution in [-0.2, 0) is 9.47 Å². The van der Waals surface area contributed by atoms with Crippen LogP contribution < -0.4 is 5.32 Å². The lowest BCUT2D eigenvalue weighted by molar-refractivity contribution is 0.0426. The van der Waals surface area contributed by atoms with Gasteiger partial charge in [-0.25, -0.2) is 0 Å². The highest BCUT2D eigenvalue weighted by molar-refractivity contribution is 4.64. The second-order valence-electron chi connectivity index (χ2n) is 11.7. The van der Waals surface area contributed by atoms with E-state index in [0.29, 0.717) is 0 Å². The Morgan fingerprint density at radius 2 is 0.811 bits per heavy atom. The maximum atomic E-state index is 5.95. The van der Waals surface area contributed by atoms with E-state index in [2.05, 4.69) is 33.0 Å². The van der Waals surface area contributed by atoms with E-state index < -0.39 is 0 Å². The Morgan fingerprint density at radius 1 is 0.405 bits per heavy atom. The van der Waals surface area contributed by atoms with Crippen molar-refractivity contribution in [2.45, 2.75) is 169 Å². The van der Waals surface area contributed by atoms with Gasteiger partial charge in [-0.05, 0) is 37.6 Å². The molecule has 0 aromatic heterocycles. The summed E-state index contributed by atoms with van der Waals surface area (Å²) in [7, 11) is 0. The molecule has 0 saturated heterocycles. The van der Waals surface area contributed by atoms with Gasteiger partial charge in [-0.1, -0.05) is 150 Å². The number of hydrogen-bond acceptors (Lipinski definition) is 3. The van der Waals surface area contributed by atoms with Crippen LogP contribution in [0.3, 0.4) is 0 Å². The largest absolute Gasteiger partial charge is 0.379 e. The molecule has 0 fully saturated rings. The molecular formula is C34H71NO2. The Kier molecular flexibility index (Phi) is 32.0. The van der Waals surface area contributed by atoms with E-state index >= 15 is 0 Å². The molecule has 0 amide bonds. The molecule has 1 N–H and O–H groups in total. The third-order valence-corrected chi connectivity index (χ3v) is 8.01. The predicted molar refractivity (Wildman–Crippen MR) is 166 cm³/mol.